The van der Waals surface area contributed by atoms with E-state index in [0.717, 1.165) is 29.7 Å². The standard InChI is InChI=1S/C33H56O6Si/c1-22(2)28(39-40(10,11)33(6,7)8)18-13-24(4)32(35)25(5)29-19-12-23(3)30(20-31(34)38-29)37-21-26-14-16-27(36-9)17-15-26/h13-17,22-23,25,28-30,32,35H,12,18-21H2,1-11H3/b24-13+/t23-,25-,28-,29-,30+,32-/m0/s1. The minimum atomic E-state index is -1.90. The molecule has 0 amide bonds. The van der Waals surface area contributed by atoms with Crippen LogP contribution in [0, 0.1) is 17.8 Å². The van der Waals surface area contributed by atoms with Crippen molar-refractivity contribution in [2.45, 2.75) is 130 Å². The molecule has 1 fully saturated rings. The molecule has 1 aromatic carbocycles. The van der Waals surface area contributed by atoms with Crippen LogP contribution in [0.2, 0.25) is 18.1 Å². The molecule has 0 spiro atoms. The molecule has 1 aliphatic heterocycles. The number of benzene rings is 1. The Labute approximate surface area is 245 Å². The van der Waals surface area contributed by atoms with E-state index in [1.54, 1.807) is 7.11 Å². The van der Waals surface area contributed by atoms with Gasteiger partial charge in [-0.05, 0) is 79.4 Å². The predicted octanol–water partition coefficient (Wildman–Crippen LogP) is 7.69. The molecular formula is C33H56O6Si. The number of esters is 1. The molecule has 0 bridgehead atoms. The van der Waals surface area contributed by atoms with Crippen molar-refractivity contribution in [2.24, 2.45) is 17.8 Å². The Bertz CT molecular complexity index is 949. The highest BCUT2D eigenvalue weighted by Gasteiger charge is 2.39. The number of cyclic esters (lactones) is 1. The van der Waals surface area contributed by atoms with Crippen molar-refractivity contribution in [3.05, 3.63) is 41.5 Å². The minimum Gasteiger partial charge on any atom is -0.497 e. The number of hydrogen-bond donors (Lipinski definition) is 1. The Kier molecular flexibility index (Phi) is 12.9. The van der Waals surface area contributed by atoms with Crippen LogP contribution in [0.25, 0.3) is 0 Å². The molecule has 1 aromatic rings. The van der Waals surface area contributed by atoms with Crippen molar-refractivity contribution in [3.63, 3.8) is 0 Å². The molecule has 6 nitrogen and oxygen atoms in total. The third kappa shape index (κ3) is 10.0. The van der Waals surface area contributed by atoms with E-state index in [0.29, 0.717) is 18.9 Å². The fourth-order valence-electron chi connectivity index (χ4n) is 4.83. The average molecular weight is 577 g/mol. The highest BCUT2D eigenvalue weighted by Crippen LogP contribution is 2.39. The second-order valence-corrected chi connectivity index (χ2v) is 18.4. The summed E-state index contributed by atoms with van der Waals surface area (Å²) >= 11 is 0. The lowest BCUT2D eigenvalue weighted by atomic mass is 9.85. The summed E-state index contributed by atoms with van der Waals surface area (Å²) in [6, 6.07) is 7.77. The minimum absolute atomic E-state index is 0.105. The van der Waals surface area contributed by atoms with Gasteiger partial charge in [0.2, 0.25) is 0 Å². The van der Waals surface area contributed by atoms with Crippen molar-refractivity contribution in [1.29, 1.82) is 0 Å². The first-order valence-electron chi connectivity index (χ1n) is 15.0. The van der Waals surface area contributed by atoms with E-state index in [9.17, 15) is 9.90 Å². The van der Waals surface area contributed by atoms with Crippen molar-refractivity contribution in [2.75, 3.05) is 7.11 Å². The molecule has 40 heavy (non-hydrogen) atoms. The Hall–Kier alpha value is -1.67. The Morgan fingerprint density at radius 3 is 2.33 bits per heavy atom. The van der Waals surface area contributed by atoms with Gasteiger partial charge < -0.3 is 23.7 Å². The predicted molar refractivity (Wildman–Crippen MR) is 165 cm³/mol. The summed E-state index contributed by atoms with van der Waals surface area (Å²) in [5.41, 5.74) is 1.94. The molecule has 0 unspecified atom stereocenters. The van der Waals surface area contributed by atoms with Crippen LogP contribution in [-0.2, 0) is 25.3 Å². The van der Waals surface area contributed by atoms with E-state index in [1.165, 1.54) is 0 Å². The van der Waals surface area contributed by atoms with Crippen molar-refractivity contribution in [1.82, 2.24) is 0 Å². The van der Waals surface area contributed by atoms with Crippen molar-refractivity contribution in [3.8, 4) is 5.75 Å². The van der Waals surface area contributed by atoms with Crippen LogP contribution in [0.4, 0.5) is 0 Å². The smallest absolute Gasteiger partial charge is 0.308 e. The number of rotatable bonds is 12. The Balaban J connectivity index is 1.98. The summed E-state index contributed by atoms with van der Waals surface area (Å²) in [5.74, 6) is 0.912. The third-order valence-corrected chi connectivity index (χ3v) is 13.5. The fraction of sp³-hybridized carbons (Fsp3) is 0.727. The van der Waals surface area contributed by atoms with Crippen LogP contribution in [0.15, 0.2) is 35.9 Å². The van der Waals surface area contributed by atoms with Gasteiger partial charge in [0, 0.05) is 5.92 Å². The maximum absolute atomic E-state index is 12.9. The summed E-state index contributed by atoms with van der Waals surface area (Å²) in [7, 11) is -0.258. The quantitative estimate of drug-likeness (QED) is 0.156. The lowest BCUT2D eigenvalue weighted by Crippen LogP contribution is -2.45. The van der Waals surface area contributed by atoms with Gasteiger partial charge in [0.1, 0.15) is 11.9 Å². The molecule has 2 rings (SSSR count). The first-order chi connectivity index (χ1) is 18.6. The highest BCUT2D eigenvalue weighted by atomic mass is 28.4. The largest absolute Gasteiger partial charge is 0.497 e. The van der Waals surface area contributed by atoms with Crippen LogP contribution < -0.4 is 4.74 Å². The SMILES string of the molecule is COc1ccc(CO[C@@H]2CC(=O)O[C@H]([C@H](C)[C@@H](O)/C(C)=C/C[C@H](O[Si](C)(C)C(C)(C)C)C(C)C)CC[C@@H]2C)cc1. The van der Waals surface area contributed by atoms with E-state index >= 15 is 0 Å². The average Bonchev–Trinajstić information content (AvgIpc) is 2.88. The van der Waals surface area contributed by atoms with E-state index < -0.39 is 14.4 Å². The zero-order chi connectivity index (χ0) is 30.3. The molecule has 6 atom stereocenters. The van der Waals surface area contributed by atoms with Gasteiger partial charge in [0.25, 0.3) is 0 Å². The van der Waals surface area contributed by atoms with Gasteiger partial charge in [0.15, 0.2) is 8.32 Å². The second-order valence-electron chi connectivity index (χ2n) is 13.6. The summed E-state index contributed by atoms with van der Waals surface area (Å²) in [5, 5.41) is 11.4. The Morgan fingerprint density at radius 1 is 1.15 bits per heavy atom. The number of carbonyl (C=O) groups excluding carboxylic acids is 1. The molecule has 7 heteroatoms. The number of hydrogen-bond acceptors (Lipinski definition) is 6. The second kappa shape index (κ2) is 15.0. The van der Waals surface area contributed by atoms with Crippen LogP contribution in [-0.4, -0.2) is 50.9 Å². The number of ether oxygens (including phenoxy) is 3. The van der Waals surface area contributed by atoms with Gasteiger partial charge in [-0.25, -0.2) is 0 Å². The van der Waals surface area contributed by atoms with Crippen LogP contribution in [0.1, 0.15) is 86.6 Å². The van der Waals surface area contributed by atoms with Gasteiger partial charge in [-0.3, -0.25) is 4.79 Å². The topological polar surface area (TPSA) is 74.2 Å². The van der Waals surface area contributed by atoms with Gasteiger partial charge in [-0.1, -0.05) is 66.7 Å². The zero-order valence-corrected chi connectivity index (χ0v) is 28.0. The molecule has 0 radical (unpaired) electrons. The fourth-order valence-corrected chi connectivity index (χ4v) is 6.30. The van der Waals surface area contributed by atoms with Crippen LogP contribution in [0.5, 0.6) is 5.75 Å². The molecule has 1 saturated heterocycles. The van der Waals surface area contributed by atoms with Crippen LogP contribution in [0.3, 0.4) is 0 Å². The summed E-state index contributed by atoms with van der Waals surface area (Å²) in [6.45, 7) is 22.3. The maximum atomic E-state index is 12.9. The summed E-state index contributed by atoms with van der Waals surface area (Å²) < 4.78 is 24.0. The molecule has 228 valence electrons. The lowest BCUT2D eigenvalue weighted by molar-refractivity contribution is -0.161. The van der Waals surface area contributed by atoms with E-state index in [-0.39, 0.29) is 47.6 Å². The monoisotopic (exact) mass is 576 g/mol. The number of carbonyl (C=O) groups is 1. The molecule has 0 saturated carbocycles. The number of aliphatic hydroxyl groups is 1. The van der Waals surface area contributed by atoms with E-state index in [4.69, 9.17) is 18.6 Å². The molecular weight excluding hydrogens is 520 g/mol. The number of methoxy groups -OCH3 is 1. The normalized spacial score (nSPS) is 23.7. The van der Waals surface area contributed by atoms with Gasteiger partial charge in [-0.15, -0.1) is 0 Å². The number of aliphatic hydroxyl groups excluding tert-OH is 1. The first kappa shape index (κ1) is 34.5. The van der Waals surface area contributed by atoms with Gasteiger partial charge in [-0.2, -0.15) is 0 Å². The third-order valence-electron chi connectivity index (χ3n) is 9.03. The molecule has 1 aliphatic rings. The molecule has 1 N–H and O–H groups in total. The van der Waals surface area contributed by atoms with Gasteiger partial charge >= 0.3 is 5.97 Å². The molecule has 0 aromatic heterocycles. The summed E-state index contributed by atoms with van der Waals surface area (Å²) in [6.07, 6.45) is 3.54. The van der Waals surface area contributed by atoms with E-state index in [2.05, 4.69) is 60.7 Å². The van der Waals surface area contributed by atoms with Crippen LogP contribution >= 0.6 is 0 Å². The summed E-state index contributed by atoms with van der Waals surface area (Å²) in [4.78, 5) is 12.9. The lowest BCUT2D eigenvalue weighted by Gasteiger charge is -2.40. The maximum Gasteiger partial charge on any atom is 0.308 e. The first-order valence-corrected chi connectivity index (χ1v) is 17.9. The van der Waals surface area contributed by atoms with Crippen molar-refractivity contribution >= 4 is 14.3 Å². The van der Waals surface area contributed by atoms with Gasteiger partial charge in [0.05, 0.1) is 38.4 Å². The Morgan fingerprint density at radius 2 is 1.77 bits per heavy atom. The van der Waals surface area contributed by atoms with E-state index in [1.807, 2.05) is 38.1 Å². The molecule has 0 aliphatic carbocycles. The highest BCUT2D eigenvalue weighted by molar-refractivity contribution is 6.74. The zero-order valence-electron chi connectivity index (χ0n) is 27.0. The molecule has 1 heterocycles. The van der Waals surface area contributed by atoms with Crippen molar-refractivity contribution < 1.29 is 28.5 Å².